The number of aromatic nitrogens is 2. The lowest BCUT2D eigenvalue weighted by Crippen LogP contribution is -2.55. The average molecular weight is 433 g/mol. The summed E-state index contributed by atoms with van der Waals surface area (Å²) in [5.74, 6) is 0.683. The maximum atomic E-state index is 12.5. The molecule has 170 valence electrons. The minimum absolute atomic E-state index is 0.121. The van der Waals surface area contributed by atoms with Crippen LogP contribution in [-0.2, 0) is 16.0 Å². The number of rotatable bonds is 6. The van der Waals surface area contributed by atoms with Crippen LogP contribution in [0.2, 0.25) is 0 Å². The predicted octanol–water partition coefficient (Wildman–Crippen LogP) is 2.02. The van der Waals surface area contributed by atoms with Crippen LogP contribution in [0.25, 0.3) is 11.0 Å². The SMILES string of the molecule is COc1ccc2ncc(=O)n(CCN3CC[C@H](NC(=O)OC(C)(C)C)[C@H](OC)C3)c2c1. The predicted molar refractivity (Wildman–Crippen MR) is 118 cm³/mol. The first-order valence-electron chi connectivity index (χ1n) is 10.5. The molecule has 0 radical (unpaired) electrons. The number of hydrogen-bond donors (Lipinski definition) is 1. The molecule has 0 saturated carbocycles. The van der Waals surface area contributed by atoms with Crippen molar-refractivity contribution >= 4 is 17.1 Å². The van der Waals surface area contributed by atoms with Crippen LogP contribution in [0, 0.1) is 0 Å². The van der Waals surface area contributed by atoms with Gasteiger partial charge in [0, 0.05) is 39.4 Å². The topological polar surface area (TPSA) is 94.9 Å². The lowest BCUT2D eigenvalue weighted by atomic mass is 10.0. The number of piperidine rings is 1. The molecule has 9 nitrogen and oxygen atoms in total. The summed E-state index contributed by atoms with van der Waals surface area (Å²) in [4.78, 5) is 31.1. The van der Waals surface area contributed by atoms with Crippen LogP contribution in [0.15, 0.2) is 29.2 Å². The van der Waals surface area contributed by atoms with Crippen molar-refractivity contribution in [3.8, 4) is 5.75 Å². The van der Waals surface area contributed by atoms with Gasteiger partial charge in [-0.2, -0.15) is 0 Å². The number of benzene rings is 1. The van der Waals surface area contributed by atoms with Crippen molar-refractivity contribution in [3.63, 3.8) is 0 Å². The number of fused-ring (bicyclic) bond motifs is 1. The Balaban J connectivity index is 1.64. The van der Waals surface area contributed by atoms with Gasteiger partial charge in [0.1, 0.15) is 11.4 Å². The molecule has 2 heterocycles. The van der Waals surface area contributed by atoms with Gasteiger partial charge in [0.15, 0.2) is 0 Å². The van der Waals surface area contributed by atoms with Gasteiger partial charge >= 0.3 is 6.09 Å². The van der Waals surface area contributed by atoms with Gasteiger partial charge in [0.25, 0.3) is 5.56 Å². The molecular formula is C22H32N4O5. The van der Waals surface area contributed by atoms with Crippen LogP contribution in [0.4, 0.5) is 4.79 Å². The van der Waals surface area contributed by atoms with E-state index < -0.39 is 11.7 Å². The number of nitrogens with zero attached hydrogens (tertiary/aromatic N) is 3. The average Bonchev–Trinajstić information content (AvgIpc) is 2.72. The number of carbonyl (C=O) groups is 1. The molecule has 0 unspecified atom stereocenters. The largest absolute Gasteiger partial charge is 0.497 e. The lowest BCUT2D eigenvalue weighted by molar-refractivity contribution is -0.00306. The second kappa shape index (κ2) is 9.65. The fourth-order valence-corrected chi connectivity index (χ4v) is 3.79. The Bertz CT molecular complexity index is 969. The highest BCUT2D eigenvalue weighted by Gasteiger charge is 2.31. The van der Waals surface area contributed by atoms with Gasteiger partial charge < -0.3 is 24.1 Å². The van der Waals surface area contributed by atoms with Crippen molar-refractivity contribution in [1.82, 2.24) is 19.8 Å². The molecule has 0 aliphatic carbocycles. The maximum absolute atomic E-state index is 12.5. The van der Waals surface area contributed by atoms with E-state index in [9.17, 15) is 9.59 Å². The van der Waals surface area contributed by atoms with Crippen LogP contribution in [0.3, 0.4) is 0 Å². The van der Waals surface area contributed by atoms with Gasteiger partial charge in [0.2, 0.25) is 0 Å². The standard InChI is InChI=1S/C22H32N4O5/c1-22(2,3)31-21(28)24-17-8-9-25(14-19(17)30-5)10-11-26-18-12-15(29-4)6-7-16(18)23-13-20(26)27/h6-7,12-13,17,19H,8-11,14H2,1-5H3,(H,24,28)/t17-,19+/m0/s1. The number of amides is 1. The highest BCUT2D eigenvalue weighted by Crippen LogP contribution is 2.19. The first-order chi connectivity index (χ1) is 14.7. The molecule has 1 N–H and O–H groups in total. The summed E-state index contributed by atoms with van der Waals surface area (Å²) < 4.78 is 18.0. The molecule has 3 rings (SSSR count). The quantitative estimate of drug-likeness (QED) is 0.746. The zero-order valence-corrected chi connectivity index (χ0v) is 18.9. The third-order valence-corrected chi connectivity index (χ3v) is 5.34. The van der Waals surface area contributed by atoms with Crippen molar-refractivity contribution in [3.05, 3.63) is 34.7 Å². The van der Waals surface area contributed by atoms with Crippen molar-refractivity contribution < 1.29 is 19.0 Å². The summed E-state index contributed by atoms with van der Waals surface area (Å²) in [5, 5.41) is 2.93. The van der Waals surface area contributed by atoms with Crippen LogP contribution >= 0.6 is 0 Å². The van der Waals surface area contributed by atoms with Gasteiger partial charge in [-0.25, -0.2) is 9.78 Å². The Hall–Kier alpha value is -2.65. The minimum atomic E-state index is -0.545. The Morgan fingerprint density at radius 1 is 1.26 bits per heavy atom. The van der Waals surface area contributed by atoms with E-state index in [1.165, 1.54) is 6.20 Å². The maximum Gasteiger partial charge on any atom is 0.407 e. The number of likely N-dealkylation sites (tertiary alicyclic amines) is 1. The van der Waals surface area contributed by atoms with Gasteiger partial charge in [0.05, 0.1) is 36.5 Å². The first kappa shape index (κ1) is 23.0. The zero-order valence-electron chi connectivity index (χ0n) is 18.9. The fourth-order valence-electron chi connectivity index (χ4n) is 3.79. The first-order valence-corrected chi connectivity index (χ1v) is 10.5. The van der Waals surface area contributed by atoms with E-state index in [-0.39, 0.29) is 17.7 Å². The molecule has 1 aliphatic heterocycles. The second-order valence-electron chi connectivity index (χ2n) is 8.72. The molecule has 0 bridgehead atoms. The molecule has 1 aromatic heterocycles. The Labute approximate surface area is 182 Å². The molecule has 2 aromatic rings. The van der Waals surface area contributed by atoms with Crippen LogP contribution in [0.1, 0.15) is 27.2 Å². The highest BCUT2D eigenvalue weighted by atomic mass is 16.6. The van der Waals surface area contributed by atoms with Crippen LogP contribution < -0.4 is 15.6 Å². The normalized spacial score (nSPS) is 19.9. The van der Waals surface area contributed by atoms with Crippen molar-refractivity contribution in [2.45, 2.75) is 51.5 Å². The number of nitrogens with one attached hydrogen (secondary N) is 1. The van der Waals surface area contributed by atoms with E-state index in [0.29, 0.717) is 25.4 Å². The Kier molecular flexibility index (Phi) is 7.17. The van der Waals surface area contributed by atoms with Gasteiger partial charge in [-0.1, -0.05) is 0 Å². The third-order valence-electron chi connectivity index (χ3n) is 5.34. The minimum Gasteiger partial charge on any atom is -0.497 e. The van der Waals surface area contributed by atoms with E-state index in [1.54, 1.807) is 18.8 Å². The van der Waals surface area contributed by atoms with Gasteiger partial charge in [-0.05, 0) is 39.3 Å². The van der Waals surface area contributed by atoms with E-state index >= 15 is 0 Å². The summed E-state index contributed by atoms with van der Waals surface area (Å²) in [6.07, 6.45) is 1.49. The third kappa shape index (κ3) is 5.95. The fraction of sp³-hybridized carbons (Fsp3) is 0.591. The molecule has 9 heteroatoms. The molecule has 1 saturated heterocycles. The monoisotopic (exact) mass is 432 g/mol. The van der Waals surface area contributed by atoms with Crippen molar-refractivity contribution in [2.24, 2.45) is 0 Å². The molecule has 1 aliphatic rings. The zero-order chi connectivity index (χ0) is 22.6. The van der Waals surface area contributed by atoms with E-state index in [1.807, 2.05) is 39.0 Å². The van der Waals surface area contributed by atoms with Crippen molar-refractivity contribution in [1.29, 1.82) is 0 Å². The number of methoxy groups -OCH3 is 2. The van der Waals surface area contributed by atoms with Gasteiger partial charge in [-0.15, -0.1) is 0 Å². The Morgan fingerprint density at radius 2 is 2.03 bits per heavy atom. The van der Waals surface area contributed by atoms with Gasteiger partial charge in [-0.3, -0.25) is 9.69 Å². The summed E-state index contributed by atoms with van der Waals surface area (Å²) in [5.41, 5.74) is 0.800. The van der Waals surface area contributed by atoms with E-state index in [4.69, 9.17) is 14.2 Å². The molecule has 1 aromatic carbocycles. The number of ether oxygens (including phenoxy) is 3. The van der Waals surface area contributed by atoms with E-state index in [0.717, 1.165) is 24.0 Å². The molecule has 31 heavy (non-hydrogen) atoms. The van der Waals surface area contributed by atoms with Crippen LogP contribution in [-0.4, -0.2) is 72.1 Å². The summed E-state index contributed by atoms with van der Waals surface area (Å²) in [7, 11) is 3.24. The molecule has 2 atom stereocenters. The summed E-state index contributed by atoms with van der Waals surface area (Å²) >= 11 is 0. The summed E-state index contributed by atoms with van der Waals surface area (Å²) in [6, 6.07) is 5.39. The Morgan fingerprint density at radius 3 is 2.71 bits per heavy atom. The number of alkyl carbamates (subject to hydrolysis) is 1. The number of carbonyl (C=O) groups excluding carboxylic acids is 1. The van der Waals surface area contributed by atoms with Crippen molar-refractivity contribution in [2.75, 3.05) is 33.9 Å². The summed E-state index contributed by atoms with van der Waals surface area (Å²) in [6.45, 7) is 8.14. The number of hydrogen-bond acceptors (Lipinski definition) is 7. The van der Waals surface area contributed by atoms with E-state index in [2.05, 4.69) is 15.2 Å². The smallest absolute Gasteiger partial charge is 0.407 e. The lowest BCUT2D eigenvalue weighted by Gasteiger charge is -2.38. The van der Waals surface area contributed by atoms with Crippen LogP contribution in [0.5, 0.6) is 5.75 Å². The molecule has 1 fully saturated rings. The molecular weight excluding hydrogens is 400 g/mol. The highest BCUT2D eigenvalue weighted by molar-refractivity contribution is 5.76. The second-order valence-corrected chi connectivity index (χ2v) is 8.72. The molecule has 0 spiro atoms. The molecule has 1 amide bonds.